The Hall–Kier alpha value is -4.35. The lowest BCUT2D eigenvalue weighted by Crippen LogP contribution is -2.50. The van der Waals surface area contributed by atoms with Crippen molar-refractivity contribution in [1.29, 1.82) is 0 Å². The fourth-order valence-corrected chi connectivity index (χ4v) is 8.12. The van der Waals surface area contributed by atoms with Gasteiger partial charge in [0.25, 0.3) is 10.0 Å². The lowest BCUT2D eigenvalue weighted by Gasteiger charge is -2.38. The third-order valence-electron chi connectivity index (χ3n) is 7.95. The van der Waals surface area contributed by atoms with Crippen LogP contribution in [-0.2, 0) is 26.0 Å². The Bertz CT molecular complexity index is 1720. The average molecular weight is 603 g/mol. The number of amides is 1. The van der Waals surface area contributed by atoms with Gasteiger partial charge in [0.1, 0.15) is 36.8 Å². The summed E-state index contributed by atoms with van der Waals surface area (Å²) in [5, 5.41) is 0. The van der Waals surface area contributed by atoms with Crippen molar-refractivity contribution in [2.24, 2.45) is 0 Å². The third-order valence-corrected chi connectivity index (χ3v) is 10.1. The lowest BCUT2D eigenvalue weighted by molar-refractivity contribution is -0.138. The normalized spacial score (nSPS) is 18.0. The predicted molar refractivity (Wildman–Crippen MR) is 161 cm³/mol. The van der Waals surface area contributed by atoms with Crippen molar-refractivity contribution in [3.63, 3.8) is 0 Å². The van der Waals surface area contributed by atoms with Crippen LogP contribution < -0.4 is 13.8 Å². The van der Waals surface area contributed by atoms with Crippen LogP contribution in [0.2, 0.25) is 0 Å². The van der Waals surface area contributed by atoms with E-state index < -0.39 is 16.1 Å². The van der Waals surface area contributed by atoms with Gasteiger partial charge >= 0.3 is 0 Å². The van der Waals surface area contributed by atoms with Crippen LogP contribution in [0.3, 0.4) is 0 Å². The molecular weight excluding hydrogens is 568 g/mol. The number of aromatic amines is 1. The molecule has 224 valence electrons. The van der Waals surface area contributed by atoms with E-state index in [1.165, 1.54) is 4.31 Å². The number of carbonyl (C=O) groups is 1. The number of aromatic nitrogens is 2. The van der Waals surface area contributed by atoms with E-state index in [-0.39, 0.29) is 36.7 Å². The van der Waals surface area contributed by atoms with Crippen molar-refractivity contribution in [1.82, 2.24) is 14.9 Å². The highest BCUT2D eigenvalue weighted by molar-refractivity contribution is 7.93. The number of aryl methyl sites for hydroxylation is 2. The zero-order chi connectivity index (χ0) is 30.1. The van der Waals surface area contributed by atoms with Gasteiger partial charge in [-0.15, -0.1) is 0 Å². The number of H-pyrrole nitrogens is 1. The molecule has 2 unspecified atom stereocenters. The van der Waals surface area contributed by atoms with Crippen LogP contribution >= 0.6 is 0 Å². The molecule has 0 saturated heterocycles. The number of ether oxygens (including phenoxy) is 3. The standard InChI is InChI=1S/C32H34N4O6S/c1-21-15-25(40-3)16-22(2)32(21)43(38,39)36-24(18-42-28-12-8-7-11-27(28)36)17-41-19-29(37)35-14-13-26-30(34-20-33-26)31(35)23-9-5-4-6-10-23/h4-12,15-16,20,24,31H,13-14,17-19H2,1-3H3,(H,33,34). The maximum absolute atomic E-state index is 14.3. The Kier molecular flexibility index (Phi) is 7.85. The molecule has 11 heteroatoms. The summed E-state index contributed by atoms with van der Waals surface area (Å²) in [5.74, 6) is 0.857. The van der Waals surface area contributed by atoms with Crippen molar-refractivity contribution < 1.29 is 27.4 Å². The molecule has 1 aromatic heterocycles. The van der Waals surface area contributed by atoms with Crippen LogP contribution in [0, 0.1) is 13.8 Å². The van der Waals surface area contributed by atoms with Gasteiger partial charge in [-0.1, -0.05) is 42.5 Å². The molecule has 2 aliphatic rings. The summed E-state index contributed by atoms with van der Waals surface area (Å²) in [6.45, 7) is 3.84. The first-order chi connectivity index (χ1) is 20.8. The number of nitrogens with one attached hydrogen (secondary N) is 1. The largest absolute Gasteiger partial charge is 0.497 e. The van der Waals surface area contributed by atoms with Gasteiger partial charge in [0, 0.05) is 18.7 Å². The number of fused-ring (bicyclic) bond motifs is 2. The molecule has 1 amide bonds. The molecule has 0 saturated carbocycles. The highest BCUT2D eigenvalue weighted by Crippen LogP contribution is 2.40. The number of benzene rings is 3. The van der Waals surface area contributed by atoms with Gasteiger partial charge in [0.2, 0.25) is 5.91 Å². The Morgan fingerprint density at radius 3 is 2.53 bits per heavy atom. The molecule has 3 heterocycles. The maximum Gasteiger partial charge on any atom is 0.265 e. The molecule has 10 nitrogen and oxygen atoms in total. The number of hydrogen-bond donors (Lipinski definition) is 1. The SMILES string of the molecule is COc1cc(C)c(S(=O)(=O)N2c3ccccc3OCC2COCC(=O)N2CCc3[nH]cnc3C2c2ccccc2)c(C)c1. The van der Waals surface area contributed by atoms with Crippen LogP contribution in [0.15, 0.2) is 78.0 Å². The number of anilines is 1. The number of rotatable bonds is 8. The minimum absolute atomic E-state index is 0.0367. The number of carbonyl (C=O) groups excluding carboxylic acids is 1. The number of nitrogens with zero attached hydrogens (tertiary/aromatic N) is 3. The molecule has 4 aromatic rings. The van der Waals surface area contributed by atoms with Crippen molar-refractivity contribution in [2.75, 3.05) is 37.8 Å². The predicted octanol–water partition coefficient (Wildman–Crippen LogP) is 4.18. The van der Waals surface area contributed by atoms with Crippen molar-refractivity contribution >= 4 is 21.6 Å². The van der Waals surface area contributed by atoms with Gasteiger partial charge in [-0.2, -0.15) is 0 Å². The first-order valence-corrected chi connectivity index (χ1v) is 15.6. The van der Waals surface area contributed by atoms with E-state index in [1.807, 2.05) is 30.3 Å². The van der Waals surface area contributed by atoms with E-state index >= 15 is 0 Å². The molecule has 43 heavy (non-hydrogen) atoms. The quantitative estimate of drug-likeness (QED) is 0.322. The number of para-hydroxylation sites is 2. The fourth-order valence-electron chi connectivity index (χ4n) is 6.07. The Morgan fingerprint density at radius 2 is 1.79 bits per heavy atom. The van der Waals surface area contributed by atoms with Crippen molar-refractivity contribution in [2.45, 2.75) is 37.2 Å². The molecule has 0 spiro atoms. The molecule has 0 aliphatic carbocycles. The van der Waals surface area contributed by atoms with Crippen molar-refractivity contribution in [3.8, 4) is 11.5 Å². The summed E-state index contributed by atoms with van der Waals surface area (Å²) >= 11 is 0. The second kappa shape index (κ2) is 11.7. The van der Waals surface area contributed by atoms with Gasteiger partial charge in [-0.05, 0) is 54.8 Å². The smallest absolute Gasteiger partial charge is 0.265 e. The Labute approximate surface area is 251 Å². The molecule has 2 atom stereocenters. The topological polar surface area (TPSA) is 114 Å². The van der Waals surface area contributed by atoms with Crippen LogP contribution in [0.25, 0.3) is 0 Å². The van der Waals surface area contributed by atoms with E-state index in [2.05, 4.69) is 9.97 Å². The summed E-state index contributed by atoms with van der Waals surface area (Å²) in [4.78, 5) is 23.3. The van der Waals surface area contributed by atoms with E-state index in [9.17, 15) is 13.2 Å². The van der Waals surface area contributed by atoms with Gasteiger partial charge in [0.15, 0.2) is 0 Å². The number of imidazole rings is 1. The minimum Gasteiger partial charge on any atom is -0.497 e. The summed E-state index contributed by atoms with van der Waals surface area (Å²) < 4.78 is 47.3. The van der Waals surface area contributed by atoms with Crippen LogP contribution in [0.1, 0.15) is 34.1 Å². The zero-order valence-electron chi connectivity index (χ0n) is 24.3. The summed E-state index contributed by atoms with van der Waals surface area (Å²) in [7, 11) is -2.49. The first-order valence-electron chi connectivity index (χ1n) is 14.2. The van der Waals surface area contributed by atoms with E-state index in [0.29, 0.717) is 41.3 Å². The fraction of sp³-hybridized carbons (Fsp3) is 0.312. The van der Waals surface area contributed by atoms with E-state index in [1.54, 1.807) is 68.6 Å². The number of methoxy groups -OCH3 is 1. The molecule has 3 aromatic carbocycles. The Morgan fingerprint density at radius 1 is 1.07 bits per heavy atom. The molecule has 6 rings (SSSR count). The summed E-state index contributed by atoms with van der Waals surface area (Å²) in [6.07, 6.45) is 2.32. The highest BCUT2D eigenvalue weighted by Gasteiger charge is 2.40. The van der Waals surface area contributed by atoms with Crippen LogP contribution in [-0.4, -0.2) is 68.7 Å². The highest BCUT2D eigenvalue weighted by atomic mass is 32.2. The number of sulfonamides is 1. The summed E-state index contributed by atoms with van der Waals surface area (Å²) in [6, 6.07) is 19.2. The van der Waals surface area contributed by atoms with Crippen LogP contribution in [0.4, 0.5) is 5.69 Å². The second-order valence-electron chi connectivity index (χ2n) is 10.8. The van der Waals surface area contributed by atoms with Gasteiger partial charge in [-0.3, -0.25) is 9.10 Å². The Balaban J connectivity index is 1.24. The van der Waals surface area contributed by atoms with E-state index in [0.717, 1.165) is 17.0 Å². The van der Waals surface area contributed by atoms with Gasteiger partial charge in [0.05, 0.1) is 36.3 Å². The van der Waals surface area contributed by atoms with Crippen molar-refractivity contribution in [3.05, 3.63) is 101 Å². The van der Waals surface area contributed by atoms with Gasteiger partial charge < -0.3 is 24.1 Å². The molecule has 0 radical (unpaired) electrons. The molecular formula is C32H34N4O6S. The monoisotopic (exact) mass is 602 g/mol. The van der Waals surface area contributed by atoms with E-state index in [4.69, 9.17) is 14.2 Å². The zero-order valence-corrected chi connectivity index (χ0v) is 25.1. The second-order valence-corrected chi connectivity index (χ2v) is 12.5. The summed E-state index contributed by atoms with van der Waals surface area (Å²) in [5.41, 5.74) is 4.38. The molecule has 2 aliphatic heterocycles. The first kappa shape index (κ1) is 28.8. The third kappa shape index (κ3) is 5.34. The van der Waals surface area contributed by atoms with Crippen LogP contribution in [0.5, 0.6) is 11.5 Å². The lowest BCUT2D eigenvalue weighted by atomic mass is 9.95. The van der Waals surface area contributed by atoms with Gasteiger partial charge in [-0.25, -0.2) is 13.4 Å². The number of hydrogen-bond acceptors (Lipinski definition) is 7. The minimum atomic E-state index is -4.04. The molecule has 1 N–H and O–H groups in total. The molecule has 0 bridgehead atoms. The average Bonchev–Trinajstić information content (AvgIpc) is 3.49. The maximum atomic E-state index is 14.3. The molecule has 0 fully saturated rings.